The third-order valence-electron chi connectivity index (χ3n) is 4.04. The molecule has 0 fully saturated rings. The number of hydrogen-bond acceptors (Lipinski definition) is 5. The van der Waals surface area contributed by atoms with Gasteiger partial charge in [0.1, 0.15) is 0 Å². The molecular formula is C20H20O5S. The van der Waals surface area contributed by atoms with E-state index in [1.807, 2.05) is 18.2 Å². The fourth-order valence-electron chi connectivity index (χ4n) is 2.78. The molecule has 0 unspecified atom stereocenters. The van der Waals surface area contributed by atoms with Gasteiger partial charge in [-0.05, 0) is 24.5 Å². The van der Waals surface area contributed by atoms with Crippen LogP contribution in [0, 0.1) is 0 Å². The summed E-state index contributed by atoms with van der Waals surface area (Å²) in [7, 11) is 3.10. The summed E-state index contributed by atoms with van der Waals surface area (Å²) in [5.41, 5.74) is 1.23. The van der Waals surface area contributed by atoms with Crippen molar-refractivity contribution in [2.24, 2.45) is 0 Å². The Bertz CT molecular complexity index is 901. The van der Waals surface area contributed by atoms with Gasteiger partial charge in [0, 0.05) is 16.2 Å². The van der Waals surface area contributed by atoms with E-state index in [4.69, 9.17) is 14.2 Å². The van der Waals surface area contributed by atoms with E-state index in [1.165, 1.54) is 16.9 Å². The molecule has 6 heteroatoms. The topological polar surface area (TPSA) is 65.0 Å². The zero-order chi connectivity index (χ0) is 18.5. The molecule has 0 spiro atoms. The van der Waals surface area contributed by atoms with Gasteiger partial charge in [-0.3, -0.25) is 0 Å². The highest BCUT2D eigenvalue weighted by molar-refractivity contribution is 7.21. The molecule has 0 saturated carbocycles. The molecule has 26 heavy (non-hydrogen) atoms. The van der Waals surface area contributed by atoms with Crippen LogP contribution in [0.3, 0.4) is 0 Å². The molecule has 1 N–H and O–H groups in total. The van der Waals surface area contributed by atoms with Crippen LogP contribution < -0.4 is 14.2 Å². The second-order valence-electron chi connectivity index (χ2n) is 5.71. The molecule has 136 valence electrons. The third kappa shape index (κ3) is 3.75. The number of benzene rings is 2. The van der Waals surface area contributed by atoms with Crippen molar-refractivity contribution in [3.63, 3.8) is 0 Å². The number of thiophene rings is 1. The Kier molecular flexibility index (Phi) is 5.63. The number of rotatable bonds is 8. The van der Waals surface area contributed by atoms with Gasteiger partial charge in [0.15, 0.2) is 22.1 Å². The van der Waals surface area contributed by atoms with Crippen LogP contribution in [-0.2, 0) is 6.42 Å². The zero-order valence-electron chi connectivity index (χ0n) is 14.7. The Hall–Kier alpha value is -2.73. The summed E-state index contributed by atoms with van der Waals surface area (Å²) in [5, 5.41) is 10.2. The fourth-order valence-corrected chi connectivity index (χ4v) is 3.78. The Balaban J connectivity index is 1.83. The lowest BCUT2D eigenvalue weighted by atomic mass is 10.1. The predicted octanol–water partition coefficient (Wildman–Crippen LogP) is 4.63. The lowest BCUT2D eigenvalue weighted by Crippen LogP contribution is -2.03. The number of carboxylic acid groups (broad SMARTS) is 1. The lowest BCUT2D eigenvalue weighted by Gasteiger charge is -2.09. The first-order valence-electron chi connectivity index (χ1n) is 8.22. The Morgan fingerprint density at radius 2 is 1.77 bits per heavy atom. The molecule has 0 aliphatic carbocycles. The summed E-state index contributed by atoms with van der Waals surface area (Å²) in [6.07, 6.45) is 1.68. The second-order valence-corrected chi connectivity index (χ2v) is 6.76. The van der Waals surface area contributed by atoms with Crippen LogP contribution in [0.1, 0.15) is 21.7 Å². The van der Waals surface area contributed by atoms with Crippen molar-refractivity contribution in [1.29, 1.82) is 0 Å². The average molecular weight is 372 g/mol. The molecule has 0 amide bonds. The van der Waals surface area contributed by atoms with E-state index in [-0.39, 0.29) is 4.88 Å². The Morgan fingerprint density at radius 3 is 2.42 bits per heavy atom. The molecular weight excluding hydrogens is 352 g/mol. The number of fused-ring (bicyclic) bond motifs is 1. The van der Waals surface area contributed by atoms with Crippen LogP contribution in [0.5, 0.6) is 17.2 Å². The molecule has 3 rings (SSSR count). The van der Waals surface area contributed by atoms with Gasteiger partial charge < -0.3 is 19.3 Å². The van der Waals surface area contributed by atoms with Crippen LogP contribution in [0.15, 0.2) is 42.5 Å². The van der Waals surface area contributed by atoms with Crippen molar-refractivity contribution in [2.45, 2.75) is 12.8 Å². The first kappa shape index (κ1) is 18.1. The second kappa shape index (κ2) is 8.10. The standard InChI is InChI=1S/C20H20O5S/c1-23-15-11-14-17(12-16(15)24-2)26-19(20(21)22)18(14)25-10-6-9-13-7-4-3-5-8-13/h3-5,7-8,11-12H,6,9-10H2,1-2H3,(H,21,22). The van der Waals surface area contributed by atoms with E-state index in [0.29, 0.717) is 23.9 Å². The first-order chi connectivity index (χ1) is 12.6. The highest BCUT2D eigenvalue weighted by Gasteiger charge is 2.21. The molecule has 3 aromatic rings. The van der Waals surface area contributed by atoms with Crippen LogP contribution in [0.4, 0.5) is 0 Å². The molecule has 0 radical (unpaired) electrons. The van der Waals surface area contributed by atoms with Crippen molar-refractivity contribution in [1.82, 2.24) is 0 Å². The summed E-state index contributed by atoms with van der Waals surface area (Å²) in [6.45, 7) is 0.440. The summed E-state index contributed by atoms with van der Waals surface area (Å²) >= 11 is 1.18. The summed E-state index contributed by atoms with van der Waals surface area (Å²) in [5.74, 6) is 0.506. The summed E-state index contributed by atoms with van der Waals surface area (Å²) in [4.78, 5) is 11.8. The van der Waals surface area contributed by atoms with Gasteiger partial charge in [-0.25, -0.2) is 4.79 Å². The van der Waals surface area contributed by atoms with Gasteiger partial charge >= 0.3 is 5.97 Å². The number of methoxy groups -OCH3 is 2. The number of aryl methyl sites for hydroxylation is 1. The van der Waals surface area contributed by atoms with Crippen molar-refractivity contribution >= 4 is 27.4 Å². The number of aromatic carboxylic acids is 1. The van der Waals surface area contributed by atoms with E-state index in [1.54, 1.807) is 26.4 Å². The Morgan fingerprint density at radius 1 is 1.08 bits per heavy atom. The van der Waals surface area contributed by atoms with Gasteiger partial charge in [-0.15, -0.1) is 11.3 Å². The van der Waals surface area contributed by atoms with E-state index in [9.17, 15) is 9.90 Å². The van der Waals surface area contributed by atoms with Crippen LogP contribution in [0.2, 0.25) is 0 Å². The van der Waals surface area contributed by atoms with E-state index >= 15 is 0 Å². The van der Waals surface area contributed by atoms with Crippen molar-refractivity contribution in [3.05, 3.63) is 52.9 Å². The van der Waals surface area contributed by atoms with Gasteiger partial charge in [0.2, 0.25) is 0 Å². The summed E-state index contributed by atoms with van der Waals surface area (Å²) in [6, 6.07) is 13.7. The van der Waals surface area contributed by atoms with Crippen molar-refractivity contribution in [2.75, 3.05) is 20.8 Å². The minimum Gasteiger partial charge on any atom is -0.493 e. The molecule has 0 aliphatic rings. The number of carboxylic acids is 1. The number of ether oxygens (including phenoxy) is 3. The SMILES string of the molecule is COc1cc2sc(C(=O)O)c(OCCCc3ccccc3)c2cc1OC. The minimum atomic E-state index is -0.998. The van der Waals surface area contributed by atoms with Gasteiger partial charge in [-0.1, -0.05) is 30.3 Å². The minimum absolute atomic E-state index is 0.190. The van der Waals surface area contributed by atoms with Gasteiger partial charge in [-0.2, -0.15) is 0 Å². The third-order valence-corrected chi connectivity index (χ3v) is 5.16. The highest BCUT2D eigenvalue weighted by atomic mass is 32.1. The van der Waals surface area contributed by atoms with Crippen LogP contribution in [0.25, 0.3) is 10.1 Å². The molecule has 1 aromatic heterocycles. The number of carbonyl (C=O) groups is 1. The Labute approximate surface area is 155 Å². The normalized spacial score (nSPS) is 10.7. The monoisotopic (exact) mass is 372 g/mol. The fraction of sp³-hybridized carbons (Fsp3) is 0.250. The predicted molar refractivity (Wildman–Crippen MR) is 102 cm³/mol. The maximum Gasteiger partial charge on any atom is 0.349 e. The number of hydrogen-bond donors (Lipinski definition) is 1. The van der Waals surface area contributed by atoms with Crippen LogP contribution in [-0.4, -0.2) is 31.9 Å². The zero-order valence-corrected chi connectivity index (χ0v) is 15.5. The molecule has 0 aliphatic heterocycles. The maximum absolute atomic E-state index is 11.6. The average Bonchev–Trinajstić information content (AvgIpc) is 3.02. The molecule has 5 nitrogen and oxygen atoms in total. The molecule has 0 saturated heterocycles. The van der Waals surface area contributed by atoms with Gasteiger partial charge in [0.05, 0.1) is 20.8 Å². The molecule has 1 heterocycles. The van der Waals surface area contributed by atoms with E-state index < -0.39 is 5.97 Å². The van der Waals surface area contributed by atoms with Crippen molar-refractivity contribution < 1.29 is 24.1 Å². The van der Waals surface area contributed by atoms with E-state index in [0.717, 1.165) is 22.9 Å². The van der Waals surface area contributed by atoms with Crippen molar-refractivity contribution in [3.8, 4) is 17.2 Å². The maximum atomic E-state index is 11.6. The summed E-state index contributed by atoms with van der Waals surface area (Å²) < 4.78 is 17.3. The first-order valence-corrected chi connectivity index (χ1v) is 9.04. The van der Waals surface area contributed by atoms with E-state index in [2.05, 4.69) is 12.1 Å². The van der Waals surface area contributed by atoms with Gasteiger partial charge in [0.25, 0.3) is 0 Å². The quantitative estimate of drug-likeness (QED) is 0.584. The molecule has 2 aromatic carbocycles. The molecule has 0 bridgehead atoms. The highest BCUT2D eigenvalue weighted by Crippen LogP contribution is 2.43. The smallest absolute Gasteiger partial charge is 0.349 e. The molecule has 0 atom stereocenters. The van der Waals surface area contributed by atoms with Crippen LogP contribution >= 0.6 is 11.3 Å². The largest absolute Gasteiger partial charge is 0.493 e. The lowest BCUT2D eigenvalue weighted by molar-refractivity contribution is 0.0698.